The maximum Gasteiger partial charge on any atom is 0.222 e. The number of fused-ring (bicyclic) bond motifs is 2. The summed E-state index contributed by atoms with van der Waals surface area (Å²) in [5, 5.41) is -0.184. The van der Waals surface area contributed by atoms with Gasteiger partial charge in [0.2, 0.25) is 5.24 Å². The van der Waals surface area contributed by atoms with Crippen LogP contribution in [0.4, 0.5) is 0 Å². The normalized spacial score (nSPS) is 33.4. The number of carbonyl (C=O) groups is 1. The highest BCUT2D eigenvalue weighted by molar-refractivity contribution is 6.63. The van der Waals surface area contributed by atoms with Crippen molar-refractivity contribution in [3.63, 3.8) is 0 Å². The molecule has 2 aliphatic rings. The molecule has 2 bridgehead atoms. The molecule has 2 rings (SSSR count). The summed E-state index contributed by atoms with van der Waals surface area (Å²) in [5.41, 5.74) is 1.50. The Bertz CT molecular complexity index is 220. The van der Waals surface area contributed by atoms with Crippen LogP contribution in [-0.4, -0.2) is 5.24 Å². The van der Waals surface area contributed by atoms with Gasteiger partial charge in [-0.05, 0) is 11.6 Å². The van der Waals surface area contributed by atoms with Crippen molar-refractivity contribution in [1.29, 1.82) is 0 Å². The molecule has 0 radical (unpaired) electrons. The molecule has 0 aromatic rings. The van der Waals surface area contributed by atoms with E-state index in [1.807, 2.05) is 0 Å². The number of hydrogen-bond donors (Lipinski definition) is 0. The summed E-state index contributed by atoms with van der Waals surface area (Å²) in [5.74, 6) is 1.13. The van der Waals surface area contributed by atoms with Crippen LogP contribution in [0.2, 0.25) is 0 Å². The van der Waals surface area contributed by atoms with Gasteiger partial charge in [0, 0.05) is 25.2 Å². The summed E-state index contributed by atoms with van der Waals surface area (Å²) >= 11 is 5.32. The highest BCUT2D eigenvalue weighted by Crippen LogP contribution is 2.45. The summed E-state index contributed by atoms with van der Waals surface area (Å²) in [6, 6.07) is 0. The molecule has 0 spiro atoms. The Morgan fingerprint density at radius 3 is 3.00 bits per heavy atom. The third kappa shape index (κ3) is 1.30. The third-order valence-corrected chi connectivity index (χ3v) is 2.78. The number of hydrogen-bond acceptors (Lipinski definition) is 1. The van der Waals surface area contributed by atoms with E-state index < -0.39 is 0 Å². The minimum atomic E-state index is -0.184. The van der Waals surface area contributed by atoms with Gasteiger partial charge in [-0.3, -0.25) is 4.79 Å². The smallest absolute Gasteiger partial charge is 0.222 e. The minimum absolute atomic E-state index is 0.184. The first-order valence-electron chi connectivity index (χ1n) is 3.97. The van der Waals surface area contributed by atoms with Crippen molar-refractivity contribution in [3.8, 4) is 0 Å². The van der Waals surface area contributed by atoms with Gasteiger partial charge < -0.3 is 0 Å². The van der Waals surface area contributed by atoms with Gasteiger partial charge >= 0.3 is 0 Å². The van der Waals surface area contributed by atoms with Gasteiger partial charge in [-0.15, -0.1) is 0 Å². The van der Waals surface area contributed by atoms with Gasteiger partial charge in [0.25, 0.3) is 0 Å². The highest BCUT2D eigenvalue weighted by Gasteiger charge is 2.42. The maximum absolute atomic E-state index is 10.6. The molecule has 1 saturated carbocycles. The Hall–Kier alpha value is -0.430. The fraction of sp³-hybridized carbons (Fsp3) is 0.556. The van der Waals surface area contributed by atoms with Crippen LogP contribution in [0.5, 0.6) is 0 Å². The van der Waals surface area contributed by atoms with E-state index >= 15 is 0 Å². The van der Waals surface area contributed by atoms with E-state index in [0.717, 1.165) is 6.42 Å². The van der Waals surface area contributed by atoms with Gasteiger partial charge in [-0.1, -0.05) is 0 Å². The molecule has 0 amide bonds. The molecule has 1 nitrogen and oxygen atoms in total. The number of carbonyl (C=O) groups excluding carboxylic acids is 1. The molecule has 0 N–H and O–H groups in total. The van der Waals surface area contributed by atoms with E-state index in [0.29, 0.717) is 18.3 Å². The van der Waals surface area contributed by atoms with Crippen LogP contribution in [0.25, 0.3) is 0 Å². The summed E-state index contributed by atoms with van der Waals surface area (Å²) < 4.78 is 0. The Morgan fingerprint density at radius 1 is 1.73 bits per heavy atom. The lowest BCUT2D eigenvalue weighted by Crippen LogP contribution is -2.10. The lowest BCUT2D eigenvalue weighted by molar-refractivity contribution is -0.112. The summed E-state index contributed by atoms with van der Waals surface area (Å²) in [6.45, 7) is 0. The molecule has 0 saturated heterocycles. The molecule has 2 heteroatoms. The molecule has 11 heavy (non-hydrogen) atoms. The zero-order chi connectivity index (χ0) is 7.84. The van der Waals surface area contributed by atoms with Gasteiger partial charge in [0.15, 0.2) is 0 Å². The van der Waals surface area contributed by atoms with E-state index in [2.05, 4.69) is 12.5 Å². The van der Waals surface area contributed by atoms with E-state index in [9.17, 15) is 4.79 Å². The maximum atomic E-state index is 10.6. The fourth-order valence-corrected chi connectivity index (χ4v) is 2.29. The van der Waals surface area contributed by atoms with Crippen molar-refractivity contribution in [2.75, 3.05) is 0 Å². The molecule has 2 aliphatic carbocycles. The molecule has 2 atom stereocenters. The molecule has 0 aliphatic heterocycles. The Labute approximate surface area is 71.4 Å². The second kappa shape index (κ2) is 2.56. The summed E-state index contributed by atoms with van der Waals surface area (Å²) in [7, 11) is 0. The largest absolute Gasteiger partial charge is 0.281 e. The van der Waals surface area contributed by atoms with Crippen LogP contribution in [0.3, 0.4) is 0 Å². The molecule has 0 aromatic heterocycles. The minimum Gasteiger partial charge on any atom is -0.281 e. The first-order valence-corrected chi connectivity index (χ1v) is 4.35. The van der Waals surface area contributed by atoms with Crippen LogP contribution in [0.15, 0.2) is 11.6 Å². The first-order chi connectivity index (χ1) is 5.25. The van der Waals surface area contributed by atoms with Crippen molar-refractivity contribution in [2.45, 2.75) is 19.3 Å². The van der Waals surface area contributed by atoms with E-state index in [1.165, 1.54) is 12.0 Å². The van der Waals surface area contributed by atoms with E-state index in [-0.39, 0.29) is 5.24 Å². The van der Waals surface area contributed by atoms with Crippen molar-refractivity contribution in [1.82, 2.24) is 0 Å². The Balaban J connectivity index is 1.98. The van der Waals surface area contributed by atoms with Crippen LogP contribution < -0.4 is 0 Å². The second-order valence-corrected chi connectivity index (χ2v) is 3.83. The van der Waals surface area contributed by atoms with Crippen LogP contribution >= 0.6 is 11.6 Å². The predicted molar refractivity (Wildman–Crippen MR) is 44.1 cm³/mol. The molecular weight excluding hydrogens is 160 g/mol. The van der Waals surface area contributed by atoms with Crippen molar-refractivity contribution in [3.05, 3.63) is 18.1 Å². The van der Waals surface area contributed by atoms with E-state index in [4.69, 9.17) is 11.6 Å². The monoisotopic (exact) mass is 169 g/mol. The lowest BCUT2D eigenvalue weighted by Gasteiger charge is -2.09. The van der Waals surface area contributed by atoms with Crippen LogP contribution in [-0.2, 0) is 4.79 Å². The zero-order valence-electron chi connectivity index (χ0n) is 6.22. The topological polar surface area (TPSA) is 17.1 Å². The van der Waals surface area contributed by atoms with Gasteiger partial charge in [-0.25, -0.2) is 0 Å². The molecule has 2 unspecified atom stereocenters. The predicted octanol–water partition coefficient (Wildman–Crippen LogP) is 2.31. The third-order valence-electron chi connectivity index (χ3n) is 2.63. The van der Waals surface area contributed by atoms with Crippen molar-refractivity contribution >= 4 is 16.8 Å². The molecule has 1 fully saturated rings. The van der Waals surface area contributed by atoms with Gasteiger partial charge in [0.05, 0.1) is 24.0 Å². The second-order valence-electron chi connectivity index (χ2n) is 3.41. The summed E-state index contributed by atoms with van der Waals surface area (Å²) in [6.07, 6.45) is 7.23. The molecule has 58 valence electrons. The zero-order valence-corrected chi connectivity index (χ0v) is 6.97. The highest BCUT2D eigenvalue weighted by atomic mass is 35.5. The van der Waals surface area contributed by atoms with Crippen LogP contribution in [0, 0.1) is 18.3 Å². The molecular formula is C9H10ClO+. The standard InChI is InChI=1S/C9H10ClO/c10-9(11)5-8-4-6-1-2-7(8)3-6/h1-2,7-8H,3-5H2/q+1. The average molecular weight is 170 g/mol. The first kappa shape index (κ1) is 7.23. The Morgan fingerprint density at radius 2 is 2.55 bits per heavy atom. The lowest BCUT2D eigenvalue weighted by atomic mass is 9.90. The van der Waals surface area contributed by atoms with Crippen LogP contribution in [0.1, 0.15) is 19.3 Å². The average Bonchev–Trinajstić information content (AvgIpc) is 2.45. The number of rotatable bonds is 2. The van der Waals surface area contributed by atoms with Gasteiger partial charge in [0.1, 0.15) is 0 Å². The fourth-order valence-electron chi connectivity index (χ4n) is 2.09. The summed E-state index contributed by atoms with van der Waals surface area (Å²) in [4.78, 5) is 10.6. The SMILES string of the molecule is O=C(Cl)CC1CC2=C[CH+]C1C2. The van der Waals surface area contributed by atoms with Gasteiger partial charge in [-0.2, -0.15) is 0 Å². The Kier molecular flexibility index (Phi) is 1.68. The number of halogens is 1. The number of allylic oxidation sites excluding steroid dienone is 2. The molecule has 0 heterocycles. The van der Waals surface area contributed by atoms with Crippen molar-refractivity contribution < 1.29 is 4.79 Å². The van der Waals surface area contributed by atoms with E-state index in [1.54, 1.807) is 0 Å². The van der Waals surface area contributed by atoms with Crippen molar-refractivity contribution in [2.24, 2.45) is 11.8 Å². The molecule has 0 aromatic carbocycles. The quantitative estimate of drug-likeness (QED) is 0.458.